The van der Waals surface area contributed by atoms with Gasteiger partial charge in [-0.05, 0) is 6.07 Å². The lowest BCUT2D eigenvalue weighted by Gasteiger charge is -2.16. The van der Waals surface area contributed by atoms with Crippen molar-refractivity contribution in [1.29, 1.82) is 0 Å². The molecule has 0 bridgehead atoms. The molecule has 0 aliphatic carbocycles. The van der Waals surface area contributed by atoms with E-state index in [1.165, 1.54) is 6.07 Å². The Hall–Kier alpha value is -1.17. The van der Waals surface area contributed by atoms with Gasteiger partial charge in [0.05, 0.1) is 12.7 Å². The predicted molar refractivity (Wildman–Crippen MR) is 61.9 cm³/mol. The molecular formula is C12H17NO4. The van der Waals surface area contributed by atoms with Gasteiger partial charge in [0.1, 0.15) is 12.3 Å². The summed E-state index contributed by atoms with van der Waals surface area (Å²) in [7, 11) is 3.27. The Morgan fingerprint density at radius 2 is 2.29 bits per heavy atom. The average Bonchev–Trinajstić information content (AvgIpc) is 2.73. The van der Waals surface area contributed by atoms with Gasteiger partial charge in [0.2, 0.25) is 0 Å². The van der Waals surface area contributed by atoms with E-state index in [1.54, 1.807) is 31.0 Å². The zero-order chi connectivity index (χ0) is 12.3. The highest BCUT2D eigenvalue weighted by Gasteiger charge is 2.36. The highest BCUT2D eigenvalue weighted by atomic mass is 16.6. The fraction of sp³-hybridized carbons (Fsp3) is 0.583. The maximum Gasteiger partial charge on any atom is 0.252 e. The van der Waals surface area contributed by atoms with Gasteiger partial charge in [0.25, 0.3) is 5.56 Å². The van der Waals surface area contributed by atoms with Gasteiger partial charge in [-0.25, -0.2) is 0 Å². The summed E-state index contributed by atoms with van der Waals surface area (Å²) in [6.45, 7) is 0.469. The molecule has 1 aromatic rings. The highest BCUT2D eigenvalue weighted by Crippen LogP contribution is 2.29. The van der Waals surface area contributed by atoms with E-state index < -0.39 is 0 Å². The number of aromatic nitrogens is 1. The third-order valence-electron chi connectivity index (χ3n) is 2.98. The van der Waals surface area contributed by atoms with Crippen molar-refractivity contribution >= 4 is 0 Å². The molecule has 94 valence electrons. The molecule has 2 rings (SSSR count). The van der Waals surface area contributed by atoms with Crippen LogP contribution in [0.25, 0.3) is 0 Å². The number of hydrogen-bond acceptors (Lipinski definition) is 4. The molecule has 0 aromatic carbocycles. The standard InChI is InChI=1S/C12H17NO4/c1-15-8-10-9(16-2)7-12(17-10)13-6-4-3-5-11(13)14/h3-6,9-10,12H,7-8H2,1-2H3/t9-,10+,12+/m0/s1. The van der Waals surface area contributed by atoms with Crippen LogP contribution in [-0.4, -0.2) is 37.6 Å². The van der Waals surface area contributed by atoms with Crippen LogP contribution in [0.5, 0.6) is 0 Å². The SMILES string of the molecule is COC[C@H]1O[C@@H](n2ccccc2=O)C[C@@H]1OC. The minimum Gasteiger partial charge on any atom is -0.382 e. The minimum absolute atomic E-state index is 0.0351. The molecule has 5 heteroatoms. The fourth-order valence-corrected chi connectivity index (χ4v) is 2.11. The van der Waals surface area contributed by atoms with Crippen molar-refractivity contribution < 1.29 is 14.2 Å². The first-order chi connectivity index (χ1) is 8.26. The van der Waals surface area contributed by atoms with Crippen LogP contribution >= 0.6 is 0 Å². The van der Waals surface area contributed by atoms with Gasteiger partial charge in [0, 0.05) is 32.9 Å². The van der Waals surface area contributed by atoms with Crippen LogP contribution < -0.4 is 5.56 Å². The third kappa shape index (κ3) is 2.57. The van der Waals surface area contributed by atoms with E-state index >= 15 is 0 Å². The Labute approximate surface area is 99.9 Å². The van der Waals surface area contributed by atoms with E-state index in [0.29, 0.717) is 13.0 Å². The predicted octanol–water partition coefficient (Wildman–Crippen LogP) is 0.797. The number of nitrogens with zero attached hydrogens (tertiary/aromatic N) is 1. The number of hydrogen-bond donors (Lipinski definition) is 0. The van der Waals surface area contributed by atoms with E-state index in [9.17, 15) is 4.79 Å². The Balaban J connectivity index is 2.15. The molecule has 0 amide bonds. The molecule has 1 fully saturated rings. The number of methoxy groups -OCH3 is 2. The Bertz CT molecular complexity index is 417. The summed E-state index contributed by atoms with van der Waals surface area (Å²) in [5, 5.41) is 0. The third-order valence-corrected chi connectivity index (χ3v) is 2.98. The fourth-order valence-electron chi connectivity index (χ4n) is 2.11. The van der Waals surface area contributed by atoms with Crippen molar-refractivity contribution in [2.24, 2.45) is 0 Å². The lowest BCUT2D eigenvalue weighted by molar-refractivity contribution is -0.0614. The molecule has 2 heterocycles. The van der Waals surface area contributed by atoms with Gasteiger partial charge in [0.15, 0.2) is 0 Å². The highest BCUT2D eigenvalue weighted by molar-refractivity contribution is 4.96. The van der Waals surface area contributed by atoms with Crippen LogP contribution in [0.3, 0.4) is 0 Å². The van der Waals surface area contributed by atoms with Gasteiger partial charge in [-0.3, -0.25) is 9.36 Å². The molecule has 3 atom stereocenters. The second-order valence-corrected chi connectivity index (χ2v) is 4.04. The van der Waals surface area contributed by atoms with Crippen LogP contribution in [0.15, 0.2) is 29.2 Å². The smallest absolute Gasteiger partial charge is 0.252 e. The molecule has 0 saturated carbocycles. The van der Waals surface area contributed by atoms with Gasteiger partial charge in [-0.2, -0.15) is 0 Å². The van der Waals surface area contributed by atoms with Gasteiger partial charge < -0.3 is 14.2 Å². The zero-order valence-electron chi connectivity index (χ0n) is 10.0. The first-order valence-electron chi connectivity index (χ1n) is 5.60. The second kappa shape index (κ2) is 5.44. The molecule has 1 aliphatic heterocycles. The molecule has 1 aromatic heterocycles. The molecule has 0 spiro atoms. The number of pyridine rings is 1. The van der Waals surface area contributed by atoms with Gasteiger partial charge in [-0.15, -0.1) is 0 Å². The largest absolute Gasteiger partial charge is 0.382 e. The topological polar surface area (TPSA) is 49.7 Å². The summed E-state index contributed by atoms with van der Waals surface area (Å²) >= 11 is 0. The molecule has 1 saturated heterocycles. The van der Waals surface area contributed by atoms with Gasteiger partial charge in [-0.1, -0.05) is 6.07 Å². The number of ether oxygens (including phenoxy) is 3. The van der Waals surface area contributed by atoms with Crippen LogP contribution in [0, 0.1) is 0 Å². The van der Waals surface area contributed by atoms with E-state index in [2.05, 4.69) is 0 Å². The summed E-state index contributed by atoms with van der Waals surface area (Å²) in [4.78, 5) is 11.7. The first-order valence-corrected chi connectivity index (χ1v) is 5.60. The summed E-state index contributed by atoms with van der Waals surface area (Å²) in [6.07, 6.45) is 1.96. The van der Waals surface area contributed by atoms with Crippen molar-refractivity contribution in [3.8, 4) is 0 Å². The van der Waals surface area contributed by atoms with Gasteiger partial charge >= 0.3 is 0 Å². The summed E-state index contributed by atoms with van der Waals surface area (Å²) < 4.78 is 17.8. The zero-order valence-corrected chi connectivity index (χ0v) is 10.0. The first kappa shape index (κ1) is 12.3. The van der Waals surface area contributed by atoms with E-state index in [0.717, 1.165) is 0 Å². The normalized spacial score (nSPS) is 28.5. The van der Waals surface area contributed by atoms with E-state index in [-0.39, 0.29) is 24.0 Å². The minimum atomic E-state index is -0.270. The summed E-state index contributed by atoms with van der Waals surface area (Å²) in [5.74, 6) is 0. The van der Waals surface area contributed by atoms with Crippen molar-refractivity contribution in [3.05, 3.63) is 34.7 Å². The van der Waals surface area contributed by atoms with E-state index in [1.807, 2.05) is 6.07 Å². The van der Waals surface area contributed by atoms with Crippen LogP contribution in [-0.2, 0) is 14.2 Å². The lowest BCUT2D eigenvalue weighted by Crippen LogP contribution is -2.27. The lowest BCUT2D eigenvalue weighted by atomic mass is 10.2. The molecule has 5 nitrogen and oxygen atoms in total. The Morgan fingerprint density at radius 3 is 2.94 bits per heavy atom. The van der Waals surface area contributed by atoms with Crippen molar-refractivity contribution in [1.82, 2.24) is 4.57 Å². The molecule has 0 N–H and O–H groups in total. The maximum atomic E-state index is 11.7. The van der Waals surface area contributed by atoms with E-state index in [4.69, 9.17) is 14.2 Å². The second-order valence-electron chi connectivity index (χ2n) is 4.04. The van der Waals surface area contributed by atoms with Crippen LogP contribution in [0.4, 0.5) is 0 Å². The van der Waals surface area contributed by atoms with Crippen molar-refractivity contribution in [2.45, 2.75) is 24.9 Å². The van der Waals surface area contributed by atoms with Crippen molar-refractivity contribution in [3.63, 3.8) is 0 Å². The monoisotopic (exact) mass is 239 g/mol. The quantitative estimate of drug-likeness (QED) is 0.779. The summed E-state index contributed by atoms with van der Waals surface area (Å²) in [5.41, 5.74) is -0.0644. The Morgan fingerprint density at radius 1 is 1.47 bits per heavy atom. The van der Waals surface area contributed by atoms with Crippen molar-refractivity contribution in [2.75, 3.05) is 20.8 Å². The molecular weight excluding hydrogens is 222 g/mol. The molecule has 1 aliphatic rings. The number of rotatable bonds is 4. The maximum absolute atomic E-state index is 11.7. The molecule has 0 unspecified atom stereocenters. The molecule has 17 heavy (non-hydrogen) atoms. The summed E-state index contributed by atoms with van der Waals surface area (Å²) in [6, 6.07) is 5.05. The Kier molecular flexibility index (Phi) is 3.93. The van der Waals surface area contributed by atoms with Crippen LogP contribution in [0.2, 0.25) is 0 Å². The molecule has 0 radical (unpaired) electrons. The van der Waals surface area contributed by atoms with Crippen LogP contribution in [0.1, 0.15) is 12.6 Å². The average molecular weight is 239 g/mol.